The highest BCUT2D eigenvalue weighted by molar-refractivity contribution is 7.99. The Kier molecular flexibility index (Phi) is 4.95. The van der Waals surface area contributed by atoms with Crippen molar-refractivity contribution in [3.63, 3.8) is 0 Å². The lowest BCUT2D eigenvalue weighted by Gasteiger charge is -2.26. The molecule has 2 aromatic rings. The van der Waals surface area contributed by atoms with Crippen LogP contribution in [0, 0.1) is 0 Å². The normalized spacial score (nSPS) is 18.0. The lowest BCUT2D eigenvalue weighted by molar-refractivity contribution is 0.515. The predicted molar refractivity (Wildman–Crippen MR) is 90.6 cm³/mol. The second kappa shape index (κ2) is 6.71. The molecule has 106 valence electrons. The van der Waals surface area contributed by atoms with E-state index in [2.05, 4.69) is 23.5 Å². The molecule has 1 unspecified atom stereocenters. The molecule has 1 aliphatic rings. The summed E-state index contributed by atoms with van der Waals surface area (Å²) in [6, 6.07) is 10.7. The Hall–Kier alpha value is -0.190. The van der Waals surface area contributed by atoms with Crippen molar-refractivity contribution in [1.29, 1.82) is 0 Å². The highest BCUT2D eigenvalue weighted by Crippen LogP contribution is 2.37. The van der Waals surface area contributed by atoms with Gasteiger partial charge in [-0.05, 0) is 54.5 Å². The zero-order valence-electron chi connectivity index (χ0n) is 10.9. The maximum atomic E-state index is 6.12. The SMILES string of the molecule is Clc1ccc2c(c1)C(NCCc1ccc(Cl)s1)CCS2. The molecule has 1 atom stereocenters. The van der Waals surface area contributed by atoms with Crippen LogP contribution >= 0.6 is 46.3 Å². The van der Waals surface area contributed by atoms with Crippen LogP contribution in [-0.4, -0.2) is 12.3 Å². The van der Waals surface area contributed by atoms with Gasteiger partial charge < -0.3 is 5.32 Å². The van der Waals surface area contributed by atoms with Crippen LogP contribution in [0.1, 0.15) is 22.9 Å². The predicted octanol–water partition coefficient (Wildman–Crippen LogP) is 5.42. The Morgan fingerprint density at radius 3 is 2.90 bits per heavy atom. The molecule has 0 aliphatic carbocycles. The van der Waals surface area contributed by atoms with Crippen molar-refractivity contribution >= 4 is 46.3 Å². The van der Waals surface area contributed by atoms with Gasteiger partial charge in [0.1, 0.15) is 0 Å². The highest BCUT2D eigenvalue weighted by atomic mass is 35.5. The largest absolute Gasteiger partial charge is 0.310 e. The average molecular weight is 344 g/mol. The van der Waals surface area contributed by atoms with Gasteiger partial charge in [0.05, 0.1) is 4.34 Å². The minimum absolute atomic E-state index is 0.417. The molecule has 0 saturated heterocycles. The van der Waals surface area contributed by atoms with E-state index in [1.807, 2.05) is 23.9 Å². The average Bonchev–Trinajstić information content (AvgIpc) is 2.85. The maximum absolute atomic E-state index is 6.12. The Bertz CT molecular complexity index is 597. The van der Waals surface area contributed by atoms with Gasteiger partial charge in [-0.3, -0.25) is 0 Å². The monoisotopic (exact) mass is 343 g/mol. The summed E-state index contributed by atoms with van der Waals surface area (Å²) >= 11 is 15.7. The first kappa shape index (κ1) is 14.7. The standard InChI is InChI=1S/C15H15Cl2NS2/c16-10-1-3-14-12(9-10)13(6-8-19-14)18-7-5-11-2-4-15(17)20-11/h1-4,9,13,18H,5-8H2. The number of rotatable bonds is 4. The highest BCUT2D eigenvalue weighted by Gasteiger charge is 2.20. The van der Waals surface area contributed by atoms with Crippen molar-refractivity contribution in [2.45, 2.75) is 23.8 Å². The molecule has 0 bridgehead atoms. The summed E-state index contributed by atoms with van der Waals surface area (Å²) in [5.41, 5.74) is 1.35. The number of hydrogen-bond donors (Lipinski definition) is 1. The van der Waals surface area contributed by atoms with E-state index in [1.165, 1.54) is 15.3 Å². The van der Waals surface area contributed by atoms with Crippen LogP contribution in [0.5, 0.6) is 0 Å². The number of halogens is 2. The fraction of sp³-hybridized carbons (Fsp3) is 0.333. The molecule has 0 radical (unpaired) electrons. The van der Waals surface area contributed by atoms with E-state index < -0.39 is 0 Å². The molecule has 2 heterocycles. The molecule has 5 heteroatoms. The molecule has 1 aromatic heterocycles. The second-order valence-electron chi connectivity index (χ2n) is 4.78. The third-order valence-electron chi connectivity index (χ3n) is 3.40. The fourth-order valence-electron chi connectivity index (χ4n) is 2.43. The van der Waals surface area contributed by atoms with Crippen molar-refractivity contribution in [3.05, 3.63) is 50.1 Å². The third-order valence-corrected chi connectivity index (χ3v) is 6.05. The van der Waals surface area contributed by atoms with Gasteiger partial charge in [0, 0.05) is 27.4 Å². The molecule has 0 saturated carbocycles. The first-order valence-electron chi connectivity index (χ1n) is 6.62. The molecule has 0 spiro atoms. The van der Waals surface area contributed by atoms with Crippen LogP contribution < -0.4 is 5.32 Å². The van der Waals surface area contributed by atoms with Crippen molar-refractivity contribution in [2.24, 2.45) is 0 Å². The second-order valence-corrected chi connectivity index (χ2v) is 8.15. The molecule has 1 nitrogen and oxygen atoms in total. The van der Waals surface area contributed by atoms with Gasteiger partial charge in [-0.15, -0.1) is 23.1 Å². The molecule has 1 aliphatic heterocycles. The van der Waals surface area contributed by atoms with Crippen LogP contribution in [0.25, 0.3) is 0 Å². The molecular weight excluding hydrogens is 329 g/mol. The maximum Gasteiger partial charge on any atom is 0.0931 e. The van der Waals surface area contributed by atoms with Gasteiger partial charge in [-0.1, -0.05) is 23.2 Å². The van der Waals surface area contributed by atoms with E-state index in [-0.39, 0.29) is 0 Å². The Morgan fingerprint density at radius 2 is 2.10 bits per heavy atom. The summed E-state index contributed by atoms with van der Waals surface area (Å²) in [7, 11) is 0. The van der Waals surface area contributed by atoms with E-state index in [0.717, 1.165) is 34.5 Å². The van der Waals surface area contributed by atoms with E-state index in [0.29, 0.717) is 6.04 Å². The smallest absolute Gasteiger partial charge is 0.0931 e. The minimum atomic E-state index is 0.417. The fourth-order valence-corrected chi connectivity index (χ4v) is 4.81. The number of thioether (sulfide) groups is 1. The van der Waals surface area contributed by atoms with Crippen LogP contribution in [0.15, 0.2) is 35.2 Å². The van der Waals surface area contributed by atoms with Gasteiger partial charge in [0.2, 0.25) is 0 Å². The Labute approximate surface area is 137 Å². The van der Waals surface area contributed by atoms with Gasteiger partial charge in [-0.2, -0.15) is 0 Å². The van der Waals surface area contributed by atoms with Crippen LogP contribution in [-0.2, 0) is 6.42 Å². The first-order valence-corrected chi connectivity index (χ1v) is 9.18. The zero-order valence-corrected chi connectivity index (χ0v) is 14.0. The summed E-state index contributed by atoms with van der Waals surface area (Å²) in [6.45, 7) is 0.970. The van der Waals surface area contributed by atoms with Crippen LogP contribution in [0.4, 0.5) is 0 Å². The first-order chi connectivity index (χ1) is 9.72. The molecule has 1 N–H and O–H groups in total. The molecule has 0 amide bonds. The van der Waals surface area contributed by atoms with Crippen molar-refractivity contribution in [2.75, 3.05) is 12.3 Å². The molecule has 1 aromatic carbocycles. The van der Waals surface area contributed by atoms with E-state index in [9.17, 15) is 0 Å². The van der Waals surface area contributed by atoms with Crippen molar-refractivity contribution < 1.29 is 0 Å². The number of benzene rings is 1. The summed E-state index contributed by atoms with van der Waals surface area (Å²) in [5.74, 6) is 1.16. The summed E-state index contributed by atoms with van der Waals surface area (Å²) in [4.78, 5) is 2.69. The number of nitrogens with one attached hydrogen (secondary N) is 1. The summed E-state index contributed by atoms with van der Waals surface area (Å²) < 4.78 is 0.867. The van der Waals surface area contributed by atoms with Crippen LogP contribution in [0.2, 0.25) is 9.36 Å². The van der Waals surface area contributed by atoms with Crippen LogP contribution in [0.3, 0.4) is 0 Å². The third kappa shape index (κ3) is 3.52. The van der Waals surface area contributed by atoms with Gasteiger partial charge in [-0.25, -0.2) is 0 Å². The van der Waals surface area contributed by atoms with Gasteiger partial charge >= 0.3 is 0 Å². The lowest BCUT2D eigenvalue weighted by atomic mass is 10.0. The van der Waals surface area contributed by atoms with Gasteiger partial charge in [0.15, 0.2) is 0 Å². The molecular formula is C15H15Cl2NS2. The van der Waals surface area contributed by atoms with E-state index in [4.69, 9.17) is 23.2 Å². The van der Waals surface area contributed by atoms with Gasteiger partial charge in [0.25, 0.3) is 0 Å². The Balaban J connectivity index is 1.63. The lowest BCUT2D eigenvalue weighted by Crippen LogP contribution is -2.26. The van der Waals surface area contributed by atoms with Crippen molar-refractivity contribution in [1.82, 2.24) is 5.32 Å². The van der Waals surface area contributed by atoms with E-state index >= 15 is 0 Å². The number of fused-ring (bicyclic) bond motifs is 1. The molecule has 3 rings (SSSR count). The van der Waals surface area contributed by atoms with Crippen molar-refractivity contribution in [3.8, 4) is 0 Å². The Morgan fingerprint density at radius 1 is 1.20 bits per heavy atom. The number of hydrogen-bond acceptors (Lipinski definition) is 3. The minimum Gasteiger partial charge on any atom is -0.310 e. The molecule has 0 fully saturated rings. The summed E-state index contributed by atoms with van der Waals surface area (Å²) in [5, 5.41) is 4.48. The topological polar surface area (TPSA) is 12.0 Å². The van der Waals surface area contributed by atoms with E-state index in [1.54, 1.807) is 11.3 Å². The quantitative estimate of drug-likeness (QED) is 0.794. The molecule has 20 heavy (non-hydrogen) atoms. The zero-order chi connectivity index (χ0) is 13.9. The number of thiophene rings is 1. The summed E-state index contributed by atoms with van der Waals surface area (Å²) in [6.07, 6.45) is 2.18.